The minimum absolute atomic E-state index is 0.000914. The third kappa shape index (κ3) is 3.21. The number of carboxylic acid groups (broad SMARTS) is 1. The molecule has 0 spiro atoms. The zero-order valence-electron chi connectivity index (χ0n) is 10.1. The highest BCUT2D eigenvalue weighted by molar-refractivity contribution is 5.61. The molecule has 0 fully saturated rings. The fourth-order valence-electron chi connectivity index (χ4n) is 2.00. The summed E-state index contributed by atoms with van der Waals surface area (Å²) in [6, 6.07) is 0.126. The van der Waals surface area contributed by atoms with Crippen molar-refractivity contribution < 1.29 is 9.90 Å². The van der Waals surface area contributed by atoms with Gasteiger partial charge in [0.2, 0.25) is 0 Å². The molecular formula is C11H20N3O2-. The number of carbonyl (C=O) groups excluding carboxylic acids is 1. The molecular weight excluding hydrogens is 206 g/mol. The van der Waals surface area contributed by atoms with Crippen LogP contribution < -0.4 is 16.3 Å². The van der Waals surface area contributed by atoms with Gasteiger partial charge in [-0.25, -0.2) is 5.01 Å². The number of rotatable bonds is 2. The molecule has 1 aliphatic heterocycles. The maximum absolute atomic E-state index is 10.6. The molecule has 5 nitrogen and oxygen atoms in total. The van der Waals surface area contributed by atoms with Gasteiger partial charge in [0.25, 0.3) is 0 Å². The SMILES string of the molecule is CC(C)(C)C1CC=C(CN)CN1NC(=O)[O-]. The van der Waals surface area contributed by atoms with E-state index in [2.05, 4.69) is 32.3 Å². The Bertz CT molecular complexity index is 294. The van der Waals surface area contributed by atoms with Crippen LogP contribution in [0.15, 0.2) is 11.6 Å². The van der Waals surface area contributed by atoms with Crippen molar-refractivity contribution in [2.45, 2.75) is 33.2 Å². The monoisotopic (exact) mass is 226 g/mol. The van der Waals surface area contributed by atoms with E-state index in [0.29, 0.717) is 13.1 Å². The van der Waals surface area contributed by atoms with Crippen molar-refractivity contribution in [2.75, 3.05) is 13.1 Å². The van der Waals surface area contributed by atoms with Crippen molar-refractivity contribution in [3.8, 4) is 0 Å². The molecule has 3 N–H and O–H groups in total. The van der Waals surface area contributed by atoms with Crippen LogP contribution in [0.4, 0.5) is 4.79 Å². The Labute approximate surface area is 96.3 Å². The van der Waals surface area contributed by atoms with E-state index in [9.17, 15) is 9.90 Å². The van der Waals surface area contributed by atoms with Gasteiger partial charge < -0.3 is 21.1 Å². The van der Waals surface area contributed by atoms with Gasteiger partial charge in [-0.3, -0.25) is 0 Å². The Morgan fingerprint density at radius 3 is 2.75 bits per heavy atom. The van der Waals surface area contributed by atoms with Gasteiger partial charge in [-0.1, -0.05) is 26.8 Å². The maximum Gasteiger partial charge on any atom is 0.149 e. The standard InChI is InChI=1S/C11H21N3O2/c1-11(2,3)9-5-4-8(6-12)7-14(9)13-10(15)16/h4,9,13H,5-7,12H2,1-3H3,(H,15,16)/p-1. The van der Waals surface area contributed by atoms with Crippen LogP contribution in [-0.4, -0.2) is 30.2 Å². The second kappa shape index (κ2) is 4.84. The van der Waals surface area contributed by atoms with E-state index < -0.39 is 6.09 Å². The van der Waals surface area contributed by atoms with Gasteiger partial charge in [0, 0.05) is 19.1 Å². The first-order valence-electron chi connectivity index (χ1n) is 5.47. The summed E-state index contributed by atoms with van der Waals surface area (Å²) in [7, 11) is 0. The molecule has 1 amide bonds. The normalized spacial score (nSPS) is 22.8. The number of nitrogens with zero attached hydrogens (tertiary/aromatic N) is 1. The summed E-state index contributed by atoms with van der Waals surface area (Å²) in [5.41, 5.74) is 8.96. The minimum Gasteiger partial charge on any atom is -0.529 e. The highest BCUT2D eigenvalue weighted by Gasteiger charge is 2.32. The summed E-state index contributed by atoms with van der Waals surface area (Å²) in [4.78, 5) is 10.6. The Kier molecular flexibility index (Phi) is 3.93. The van der Waals surface area contributed by atoms with Crippen LogP contribution in [0.5, 0.6) is 0 Å². The topological polar surface area (TPSA) is 81.4 Å². The molecule has 0 radical (unpaired) electrons. The van der Waals surface area contributed by atoms with Crippen molar-refractivity contribution in [1.82, 2.24) is 10.4 Å². The Balaban J connectivity index is 2.81. The molecule has 0 aliphatic carbocycles. The van der Waals surface area contributed by atoms with Gasteiger partial charge in [0.15, 0.2) is 0 Å². The predicted molar refractivity (Wildman–Crippen MR) is 60.2 cm³/mol. The van der Waals surface area contributed by atoms with Crippen LogP contribution in [0.2, 0.25) is 0 Å². The number of hydrazine groups is 1. The highest BCUT2D eigenvalue weighted by atomic mass is 16.4. The van der Waals surface area contributed by atoms with Crippen molar-refractivity contribution in [3.63, 3.8) is 0 Å². The predicted octanol–water partition coefficient (Wildman–Crippen LogP) is -0.160. The molecule has 16 heavy (non-hydrogen) atoms. The van der Waals surface area contributed by atoms with Crippen LogP contribution >= 0.6 is 0 Å². The van der Waals surface area contributed by atoms with Gasteiger partial charge in [-0.15, -0.1) is 0 Å². The fraction of sp³-hybridized carbons (Fsp3) is 0.727. The first-order chi connectivity index (χ1) is 7.34. The summed E-state index contributed by atoms with van der Waals surface area (Å²) < 4.78 is 0. The Morgan fingerprint density at radius 2 is 2.31 bits per heavy atom. The number of nitrogens with one attached hydrogen (secondary N) is 1. The van der Waals surface area contributed by atoms with Gasteiger partial charge in [0.05, 0.1) is 0 Å². The van der Waals surface area contributed by atoms with Gasteiger partial charge in [0.1, 0.15) is 6.09 Å². The molecule has 0 aromatic rings. The molecule has 92 valence electrons. The van der Waals surface area contributed by atoms with E-state index in [1.165, 1.54) is 0 Å². The van der Waals surface area contributed by atoms with E-state index in [-0.39, 0.29) is 11.5 Å². The zero-order chi connectivity index (χ0) is 12.3. The first-order valence-corrected chi connectivity index (χ1v) is 5.47. The lowest BCUT2D eigenvalue weighted by Gasteiger charge is -2.43. The first kappa shape index (κ1) is 13.0. The number of amides is 1. The van der Waals surface area contributed by atoms with Crippen molar-refractivity contribution >= 4 is 6.09 Å². The number of hydrogen-bond donors (Lipinski definition) is 2. The average molecular weight is 226 g/mol. The van der Waals surface area contributed by atoms with E-state index in [4.69, 9.17) is 5.73 Å². The molecule has 0 saturated heterocycles. The third-order valence-corrected chi connectivity index (χ3v) is 2.88. The number of hydrogen-bond acceptors (Lipinski definition) is 4. The minimum atomic E-state index is -1.27. The lowest BCUT2D eigenvalue weighted by molar-refractivity contribution is -0.258. The largest absolute Gasteiger partial charge is 0.529 e. The summed E-state index contributed by atoms with van der Waals surface area (Å²) in [6.45, 7) is 7.25. The van der Waals surface area contributed by atoms with Gasteiger partial charge in [-0.05, 0) is 17.4 Å². The smallest absolute Gasteiger partial charge is 0.149 e. The van der Waals surface area contributed by atoms with Crippen molar-refractivity contribution in [3.05, 3.63) is 11.6 Å². The molecule has 1 atom stereocenters. The molecule has 1 unspecified atom stereocenters. The Morgan fingerprint density at radius 1 is 1.69 bits per heavy atom. The molecule has 0 aromatic carbocycles. The second-order valence-corrected chi connectivity index (χ2v) is 5.21. The van der Waals surface area contributed by atoms with E-state index in [1.54, 1.807) is 5.01 Å². The molecule has 0 bridgehead atoms. The molecule has 1 heterocycles. The highest BCUT2D eigenvalue weighted by Crippen LogP contribution is 2.29. The quantitative estimate of drug-likeness (QED) is 0.641. The van der Waals surface area contributed by atoms with E-state index >= 15 is 0 Å². The number of carbonyl (C=O) groups is 1. The number of nitrogens with two attached hydrogens (primary N) is 1. The molecule has 5 heteroatoms. The summed E-state index contributed by atoms with van der Waals surface area (Å²) in [5, 5.41) is 12.3. The van der Waals surface area contributed by atoms with Crippen LogP contribution in [0, 0.1) is 5.41 Å². The van der Waals surface area contributed by atoms with E-state index in [0.717, 1.165) is 12.0 Å². The fourth-order valence-corrected chi connectivity index (χ4v) is 2.00. The molecule has 1 aliphatic rings. The lowest BCUT2D eigenvalue weighted by atomic mass is 9.82. The second-order valence-electron chi connectivity index (χ2n) is 5.21. The lowest BCUT2D eigenvalue weighted by Crippen LogP contribution is -2.58. The summed E-state index contributed by atoms with van der Waals surface area (Å²) in [5.74, 6) is 0. The molecule has 0 saturated carbocycles. The van der Waals surface area contributed by atoms with Crippen molar-refractivity contribution in [1.29, 1.82) is 0 Å². The van der Waals surface area contributed by atoms with Crippen LogP contribution in [-0.2, 0) is 0 Å². The van der Waals surface area contributed by atoms with Crippen LogP contribution in [0.25, 0.3) is 0 Å². The summed E-state index contributed by atoms with van der Waals surface area (Å²) in [6.07, 6.45) is 1.63. The molecule has 1 rings (SSSR count). The van der Waals surface area contributed by atoms with Gasteiger partial charge in [-0.2, -0.15) is 0 Å². The zero-order valence-corrected chi connectivity index (χ0v) is 10.1. The average Bonchev–Trinajstić information content (AvgIpc) is 2.14. The van der Waals surface area contributed by atoms with Gasteiger partial charge >= 0.3 is 0 Å². The van der Waals surface area contributed by atoms with Crippen LogP contribution in [0.3, 0.4) is 0 Å². The van der Waals surface area contributed by atoms with Crippen LogP contribution in [0.1, 0.15) is 27.2 Å². The third-order valence-electron chi connectivity index (χ3n) is 2.88. The molecule has 0 aromatic heterocycles. The maximum atomic E-state index is 10.6. The summed E-state index contributed by atoms with van der Waals surface area (Å²) >= 11 is 0. The van der Waals surface area contributed by atoms with E-state index in [1.807, 2.05) is 0 Å². The van der Waals surface area contributed by atoms with Crippen molar-refractivity contribution in [2.24, 2.45) is 11.1 Å². The Hall–Kier alpha value is -1.07.